The van der Waals surface area contributed by atoms with Gasteiger partial charge in [0.15, 0.2) is 0 Å². The maximum atomic E-state index is 12.1. The van der Waals surface area contributed by atoms with Gasteiger partial charge in [-0.3, -0.25) is 4.79 Å². The predicted molar refractivity (Wildman–Crippen MR) is 145 cm³/mol. The van der Waals surface area contributed by atoms with Crippen LogP contribution in [0.4, 0.5) is 5.95 Å². The number of carbonyl (C=O) groups excluding carboxylic acids is 1. The summed E-state index contributed by atoms with van der Waals surface area (Å²) in [4.78, 5) is 12.1. The first-order valence-electron chi connectivity index (χ1n) is 11.0. The molecule has 4 N–H and O–H groups in total. The van der Waals surface area contributed by atoms with Crippen LogP contribution < -0.4 is 21.3 Å². The van der Waals surface area contributed by atoms with Crippen molar-refractivity contribution in [1.82, 2.24) is 20.2 Å². The average Bonchev–Trinajstić information content (AvgIpc) is 3.25. The van der Waals surface area contributed by atoms with Gasteiger partial charge < -0.3 is 15.9 Å². The third-order valence-corrected chi connectivity index (χ3v) is 6.34. The minimum atomic E-state index is -0.126. The number of amides is 1. The maximum Gasteiger partial charge on any atom is 0.264 e. The lowest BCUT2D eigenvalue weighted by molar-refractivity contribution is -0.118. The fourth-order valence-electron chi connectivity index (χ4n) is 3.10. The van der Waals surface area contributed by atoms with Crippen molar-refractivity contribution in [3.63, 3.8) is 0 Å². The molecule has 0 spiro atoms. The number of halogens is 1. The van der Waals surface area contributed by atoms with Gasteiger partial charge in [-0.25, -0.2) is 10.1 Å². The first-order valence-corrected chi connectivity index (χ1v) is 12.8. The number of hydrogen-bond donors (Lipinski definition) is 3. The molecule has 0 saturated heterocycles. The summed E-state index contributed by atoms with van der Waals surface area (Å²) in [6.45, 7) is 0.888. The normalized spacial score (nSPS) is 10.9. The van der Waals surface area contributed by atoms with E-state index in [1.54, 1.807) is 6.21 Å². The van der Waals surface area contributed by atoms with Crippen molar-refractivity contribution in [1.29, 1.82) is 0 Å². The van der Waals surface area contributed by atoms with Crippen molar-refractivity contribution in [3.8, 4) is 5.75 Å². The number of carbonyl (C=O) groups is 1. The first-order chi connectivity index (χ1) is 17.6. The fourth-order valence-corrected chi connectivity index (χ4v) is 4.23. The molecule has 0 atom stereocenters. The van der Waals surface area contributed by atoms with Crippen LogP contribution >= 0.6 is 27.7 Å². The second-order valence-corrected chi connectivity index (χ2v) is 9.41. The number of nitrogens with two attached hydrogens (primary N) is 1. The number of ether oxygens (including phenoxy) is 1. The first kappa shape index (κ1) is 25.3. The lowest BCUT2D eigenvalue weighted by atomic mass is 10.2. The van der Waals surface area contributed by atoms with Gasteiger partial charge in [-0.2, -0.15) is 5.10 Å². The number of aromatic nitrogens is 3. The van der Waals surface area contributed by atoms with E-state index in [9.17, 15) is 4.79 Å². The van der Waals surface area contributed by atoms with Gasteiger partial charge in [-0.15, -0.1) is 10.2 Å². The molecule has 0 saturated carbocycles. The predicted octanol–water partition coefficient (Wildman–Crippen LogP) is 4.19. The van der Waals surface area contributed by atoms with Crippen molar-refractivity contribution < 1.29 is 9.53 Å². The third kappa shape index (κ3) is 7.33. The van der Waals surface area contributed by atoms with Crippen LogP contribution in [0.2, 0.25) is 0 Å². The zero-order chi connectivity index (χ0) is 25.2. The summed E-state index contributed by atoms with van der Waals surface area (Å²) in [6.07, 6.45) is 1.62. The van der Waals surface area contributed by atoms with E-state index in [0.29, 0.717) is 24.1 Å². The number of hydrogen-bond acceptors (Lipinski definition) is 8. The van der Waals surface area contributed by atoms with Gasteiger partial charge in [-0.1, -0.05) is 82.3 Å². The van der Waals surface area contributed by atoms with Gasteiger partial charge in [0.1, 0.15) is 12.4 Å². The molecule has 4 rings (SSSR count). The van der Waals surface area contributed by atoms with Gasteiger partial charge in [0.2, 0.25) is 11.1 Å². The highest BCUT2D eigenvalue weighted by atomic mass is 79.9. The monoisotopic (exact) mass is 565 g/mol. The van der Waals surface area contributed by atoms with E-state index < -0.39 is 0 Å². The molecular weight excluding hydrogens is 542 g/mol. The topological polar surface area (TPSA) is 119 Å². The molecule has 3 aromatic carbocycles. The summed E-state index contributed by atoms with van der Waals surface area (Å²) >= 11 is 4.66. The third-order valence-electron chi connectivity index (χ3n) is 4.90. The van der Waals surface area contributed by atoms with Crippen LogP contribution in [0.15, 0.2) is 93.6 Å². The second kappa shape index (κ2) is 12.8. The smallest absolute Gasteiger partial charge is 0.264 e. The lowest BCUT2D eigenvalue weighted by Gasteiger charge is -2.09. The lowest BCUT2D eigenvalue weighted by Crippen LogP contribution is -2.25. The minimum absolute atomic E-state index is 0.126. The van der Waals surface area contributed by atoms with Gasteiger partial charge in [0.05, 0.1) is 12.0 Å². The quantitative estimate of drug-likeness (QED) is 0.108. The van der Waals surface area contributed by atoms with Gasteiger partial charge in [-0.05, 0) is 35.4 Å². The van der Waals surface area contributed by atoms with Gasteiger partial charge in [0.25, 0.3) is 5.95 Å². The van der Waals surface area contributed by atoms with E-state index in [1.807, 2.05) is 78.9 Å². The SMILES string of the molecule is Nn1c(N/N=C/c2ccccc2OCc2cccc(Br)c2)nnc1SCC(=O)NCc1ccccc1. The largest absolute Gasteiger partial charge is 0.488 e. The fraction of sp³-hybridized carbons (Fsp3) is 0.120. The van der Waals surface area contributed by atoms with Crippen LogP contribution in [0, 0.1) is 0 Å². The number of benzene rings is 3. The summed E-state index contributed by atoms with van der Waals surface area (Å²) in [7, 11) is 0. The van der Waals surface area contributed by atoms with Crippen molar-refractivity contribution >= 4 is 45.8 Å². The Kier molecular flexibility index (Phi) is 8.95. The number of nitrogen functional groups attached to an aromatic ring is 1. The molecule has 1 amide bonds. The molecule has 184 valence electrons. The molecule has 0 bridgehead atoms. The summed E-state index contributed by atoms with van der Waals surface area (Å²) in [5, 5.41) is 15.5. The Morgan fingerprint density at radius 3 is 2.67 bits per heavy atom. The van der Waals surface area contributed by atoms with E-state index >= 15 is 0 Å². The van der Waals surface area contributed by atoms with E-state index in [1.165, 1.54) is 16.4 Å². The van der Waals surface area contributed by atoms with Crippen molar-refractivity contribution in [2.24, 2.45) is 5.10 Å². The molecule has 11 heteroatoms. The summed E-state index contributed by atoms with van der Waals surface area (Å²) in [5.41, 5.74) is 5.64. The number of nitrogens with one attached hydrogen (secondary N) is 2. The van der Waals surface area contributed by atoms with Crippen molar-refractivity contribution in [2.45, 2.75) is 18.3 Å². The number of anilines is 1. The zero-order valence-electron chi connectivity index (χ0n) is 19.2. The van der Waals surface area contributed by atoms with Crippen molar-refractivity contribution in [2.75, 3.05) is 17.0 Å². The number of thioether (sulfide) groups is 1. The Balaban J connectivity index is 1.28. The van der Waals surface area contributed by atoms with E-state index in [2.05, 4.69) is 42.0 Å². The Bertz CT molecular complexity index is 1330. The molecule has 0 unspecified atom stereocenters. The summed E-state index contributed by atoms with van der Waals surface area (Å²) in [5.74, 6) is 7.03. The van der Waals surface area contributed by atoms with Crippen LogP contribution in [-0.4, -0.2) is 32.7 Å². The second-order valence-electron chi connectivity index (χ2n) is 7.55. The van der Waals surface area contributed by atoms with Crippen LogP contribution in [0.1, 0.15) is 16.7 Å². The summed E-state index contributed by atoms with van der Waals surface area (Å²) in [6, 6.07) is 25.2. The molecule has 36 heavy (non-hydrogen) atoms. The van der Waals surface area contributed by atoms with Crippen LogP contribution in [0.3, 0.4) is 0 Å². The van der Waals surface area contributed by atoms with Crippen LogP contribution in [0.25, 0.3) is 0 Å². The Hall–Kier alpha value is -3.83. The highest BCUT2D eigenvalue weighted by Crippen LogP contribution is 2.20. The Labute approximate surface area is 221 Å². The van der Waals surface area contributed by atoms with Gasteiger partial charge in [0, 0.05) is 16.6 Å². The van der Waals surface area contributed by atoms with Gasteiger partial charge >= 0.3 is 0 Å². The minimum Gasteiger partial charge on any atom is -0.488 e. The maximum absolute atomic E-state index is 12.1. The molecule has 1 aromatic heterocycles. The highest BCUT2D eigenvalue weighted by Gasteiger charge is 2.12. The average molecular weight is 566 g/mol. The molecular formula is C25H24BrN7O2S. The van der Waals surface area contributed by atoms with E-state index in [0.717, 1.165) is 21.2 Å². The molecule has 0 aliphatic rings. The summed E-state index contributed by atoms with van der Waals surface area (Å²) < 4.78 is 8.22. The van der Waals surface area contributed by atoms with E-state index in [4.69, 9.17) is 10.6 Å². The molecule has 0 aliphatic carbocycles. The molecule has 9 nitrogen and oxygen atoms in total. The molecule has 1 heterocycles. The molecule has 4 aromatic rings. The Morgan fingerprint density at radius 2 is 1.83 bits per heavy atom. The van der Waals surface area contributed by atoms with Crippen LogP contribution in [0.5, 0.6) is 5.75 Å². The van der Waals surface area contributed by atoms with Crippen molar-refractivity contribution in [3.05, 3.63) is 100 Å². The zero-order valence-corrected chi connectivity index (χ0v) is 21.6. The number of nitrogens with zero attached hydrogens (tertiary/aromatic N) is 4. The number of para-hydroxylation sites is 1. The molecule has 0 fully saturated rings. The number of hydrazone groups is 1. The molecule has 0 radical (unpaired) electrons. The standard InChI is InChI=1S/C25H24BrN7O2S/c26-21-11-6-9-19(13-21)16-35-22-12-5-4-10-20(22)15-29-30-24-31-32-25(33(24)27)36-17-23(34)28-14-18-7-2-1-3-8-18/h1-13,15H,14,16-17,27H2,(H,28,34)(H,30,31)/b29-15+. The van der Waals surface area contributed by atoms with Crippen LogP contribution in [-0.2, 0) is 17.9 Å². The number of rotatable bonds is 11. The Morgan fingerprint density at radius 1 is 1.06 bits per heavy atom. The highest BCUT2D eigenvalue weighted by molar-refractivity contribution is 9.10. The molecule has 0 aliphatic heterocycles. The van der Waals surface area contributed by atoms with E-state index in [-0.39, 0.29) is 17.6 Å².